The van der Waals surface area contributed by atoms with Gasteiger partial charge in [0.05, 0.1) is 19.1 Å². The molecule has 4 aromatic carbocycles. The van der Waals surface area contributed by atoms with Gasteiger partial charge in [0, 0.05) is 38.0 Å². The number of amides is 2. The van der Waals surface area contributed by atoms with E-state index in [1.807, 2.05) is 78.9 Å². The first-order valence-electron chi connectivity index (χ1n) is 15.2. The van der Waals surface area contributed by atoms with Crippen molar-refractivity contribution in [2.45, 2.75) is 50.2 Å². The number of carbonyl (C=O) groups excluding carboxylic acids is 2. The van der Waals surface area contributed by atoms with Gasteiger partial charge in [0.1, 0.15) is 17.5 Å². The average Bonchev–Trinajstić information content (AvgIpc) is 3.08. The Kier molecular flexibility index (Phi) is 12.3. The van der Waals surface area contributed by atoms with Gasteiger partial charge in [-0.15, -0.1) is 0 Å². The number of hydrogen-bond acceptors (Lipinski definition) is 6. The lowest BCUT2D eigenvalue weighted by atomic mass is 10.0. The monoisotopic (exact) mass is 643 g/mol. The molecule has 2 N–H and O–H groups in total. The Balaban J connectivity index is 1.61. The Morgan fingerprint density at radius 2 is 1.43 bits per heavy atom. The van der Waals surface area contributed by atoms with E-state index in [4.69, 9.17) is 9.47 Å². The lowest BCUT2D eigenvalue weighted by Gasteiger charge is -2.32. The molecule has 0 aliphatic carbocycles. The van der Waals surface area contributed by atoms with Crippen LogP contribution in [0.5, 0.6) is 11.5 Å². The molecule has 242 valence electrons. The van der Waals surface area contributed by atoms with Gasteiger partial charge < -0.3 is 19.7 Å². The fourth-order valence-corrected chi connectivity index (χ4v) is 6.18. The molecule has 0 heterocycles. The molecule has 2 amide bonds. The molecule has 1 atom stereocenters. The molecule has 0 aromatic heterocycles. The summed E-state index contributed by atoms with van der Waals surface area (Å²) in [6.07, 6.45) is 0.818. The highest BCUT2D eigenvalue weighted by Gasteiger charge is 2.30. The van der Waals surface area contributed by atoms with Crippen LogP contribution in [0, 0.1) is 0 Å². The Hall–Kier alpha value is -4.67. The second kappa shape index (κ2) is 16.6. The number of methoxy groups -OCH3 is 2. The molecular formula is C36H41N3O6S. The minimum absolute atomic E-state index is 0.126. The Bertz CT molecular complexity index is 1680. The maximum Gasteiger partial charge on any atom is 0.243 e. The summed E-state index contributed by atoms with van der Waals surface area (Å²) >= 11 is 0. The van der Waals surface area contributed by atoms with Crippen LogP contribution in [-0.4, -0.2) is 51.9 Å². The zero-order chi connectivity index (χ0) is 32.9. The summed E-state index contributed by atoms with van der Waals surface area (Å²) in [5, 5.41) is 3.04. The number of rotatable bonds is 16. The van der Waals surface area contributed by atoms with Gasteiger partial charge in [-0.05, 0) is 53.4 Å². The predicted octanol–water partition coefficient (Wildman–Crippen LogP) is 4.89. The van der Waals surface area contributed by atoms with E-state index < -0.39 is 16.1 Å². The molecule has 0 radical (unpaired) electrons. The molecule has 0 fully saturated rings. The van der Waals surface area contributed by atoms with Gasteiger partial charge >= 0.3 is 0 Å². The third kappa shape index (κ3) is 9.42. The van der Waals surface area contributed by atoms with Crippen molar-refractivity contribution >= 4 is 21.8 Å². The first kappa shape index (κ1) is 34.2. The van der Waals surface area contributed by atoms with Gasteiger partial charge in [0.2, 0.25) is 21.8 Å². The largest absolute Gasteiger partial charge is 0.497 e. The van der Waals surface area contributed by atoms with E-state index in [1.165, 1.54) is 12.1 Å². The molecule has 0 saturated carbocycles. The smallest absolute Gasteiger partial charge is 0.243 e. The van der Waals surface area contributed by atoms with Crippen LogP contribution >= 0.6 is 0 Å². The summed E-state index contributed by atoms with van der Waals surface area (Å²) in [7, 11) is -0.400. The SMILES string of the molecule is CCNS(=O)(=O)c1ccc(CCC(=O)N(Cc2ccc(OC)cc2)C(Cc2ccccc2)C(=O)NCc2ccccc2OC)cc1. The summed E-state index contributed by atoms with van der Waals surface area (Å²) < 4.78 is 38.0. The summed E-state index contributed by atoms with van der Waals surface area (Å²) in [5.74, 6) is 0.873. The number of sulfonamides is 1. The maximum absolute atomic E-state index is 14.1. The van der Waals surface area contributed by atoms with Gasteiger partial charge in [0.25, 0.3) is 0 Å². The fourth-order valence-electron chi connectivity index (χ4n) is 5.13. The van der Waals surface area contributed by atoms with E-state index >= 15 is 0 Å². The maximum atomic E-state index is 14.1. The number of para-hydroxylation sites is 1. The van der Waals surface area contributed by atoms with E-state index in [0.29, 0.717) is 30.9 Å². The minimum Gasteiger partial charge on any atom is -0.497 e. The molecule has 0 spiro atoms. The first-order valence-corrected chi connectivity index (χ1v) is 16.7. The molecular weight excluding hydrogens is 602 g/mol. The van der Waals surface area contributed by atoms with E-state index in [0.717, 1.165) is 22.3 Å². The summed E-state index contributed by atoms with van der Waals surface area (Å²) in [4.78, 5) is 29.9. The van der Waals surface area contributed by atoms with Crippen molar-refractivity contribution < 1.29 is 27.5 Å². The van der Waals surface area contributed by atoms with Gasteiger partial charge in [-0.3, -0.25) is 9.59 Å². The molecule has 4 aromatic rings. The van der Waals surface area contributed by atoms with Gasteiger partial charge in [0.15, 0.2) is 0 Å². The summed E-state index contributed by atoms with van der Waals surface area (Å²) in [6.45, 7) is 2.46. The van der Waals surface area contributed by atoms with Crippen LogP contribution in [0.15, 0.2) is 108 Å². The van der Waals surface area contributed by atoms with Gasteiger partial charge in [-0.1, -0.05) is 79.7 Å². The Labute approximate surface area is 271 Å². The molecule has 0 bridgehead atoms. The normalized spacial score (nSPS) is 11.8. The van der Waals surface area contributed by atoms with Crippen LogP contribution in [0.4, 0.5) is 0 Å². The molecule has 9 nitrogen and oxygen atoms in total. The van der Waals surface area contributed by atoms with Crippen LogP contribution in [0.2, 0.25) is 0 Å². The van der Waals surface area contributed by atoms with Crippen LogP contribution < -0.4 is 19.5 Å². The predicted molar refractivity (Wildman–Crippen MR) is 178 cm³/mol. The van der Waals surface area contributed by atoms with Crippen molar-refractivity contribution in [3.8, 4) is 11.5 Å². The second-order valence-electron chi connectivity index (χ2n) is 10.8. The van der Waals surface area contributed by atoms with Crippen LogP contribution in [-0.2, 0) is 45.5 Å². The van der Waals surface area contributed by atoms with E-state index in [1.54, 1.807) is 38.2 Å². The Morgan fingerprint density at radius 3 is 2.09 bits per heavy atom. The van der Waals surface area contributed by atoms with E-state index in [-0.39, 0.29) is 36.2 Å². The molecule has 46 heavy (non-hydrogen) atoms. The summed E-state index contributed by atoms with van der Waals surface area (Å²) in [6, 6.07) is 30.2. The van der Waals surface area contributed by atoms with Crippen LogP contribution in [0.3, 0.4) is 0 Å². The first-order chi connectivity index (χ1) is 22.2. The van der Waals surface area contributed by atoms with E-state index in [9.17, 15) is 18.0 Å². The van der Waals surface area contributed by atoms with Crippen molar-refractivity contribution in [2.75, 3.05) is 20.8 Å². The van der Waals surface area contributed by atoms with Gasteiger partial charge in [-0.25, -0.2) is 13.1 Å². The third-order valence-corrected chi connectivity index (χ3v) is 9.19. The Morgan fingerprint density at radius 1 is 0.783 bits per heavy atom. The van der Waals surface area contributed by atoms with Crippen molar-refractivity contribution in [1.82, 2.24) is 14.9 Å². The highest BCUT2D eigenvalue weighted by molar-refractivity contribution is 7.89. The van der Waals surface area contributed by atoms with Crippen molar-refractivity contribution in [3.63, 3.8) is 0 Å². The molecule has 0 saturated heterocycles. The van der Waals surface area contributed by atoms with Gasteiger partial charge in [-0.2, -0.15) is 0 Å². The molecule has 4 rings (SSSR count). The number of nitrogens with one attached hydrogen (secondary N) is 2. The average molecular weight is 644 g/mol. The zero-order valence-corrected chi connectivity index (χ0v) is 27.3. The number of benzene rings is 4. The molecule has 10 heteroatoms. The third-order valence-electron chi connectivity index (χ3n) is 7.62. The number of ether oxygens (including phenoxy) is 2. The van der Waals surface area contributed by atoms with Crippen molar-refractivity contribution in [1.29, 1.82) is 0 Å². The highest BCUT2D eigenvalue weighted by Crippen LogP contribution is 2.21. The molecule has 0 aliphatic rings. The lowest BCUT2D eigenvalue weighted by Crippen LogP contribution is -2.50. The fraction of sp³-hybridized carbons (Fsp3) is 0.278. The number of nitrogens with zero attached hydrogens (tertiary/aromatic N) is 1. The quantitative estimate of drug-likeness (QED) is 0.180. The number of hydrogen-bond donors (Lipinski definition) is 2. The van der Waals surface area contributed by atoms with Crippen molar-refractivity contribution in [3.05, 3.63) is 125 Å². The van der Waals surface area contributed by atoms with Crippen molar-refractivity contribution in [2.24, 2.45) is 0 Å². The lowest BCUT2D eigenvalue weighted by molar-refractivity contribution is -0.141. The standard InChI is InChI=1S/C36H41N3O6S/c1-4-38-46(42,43)32-21-16-27(17-22-32)18-23-35(40)39(26-29-14-19-31(44-2)20-15-29)33(24-28-10-6-5-7-11-28)36(41)37-25-30-12-8-9-13-34(30)45-3/h5-17,19-22,33,38H,4,18,23-26H2,1-3H3,(H,37,41). The van der Waals surface area contributed by atoms with Crippen LogP contribution in [0.1, 0.15) is 35.6 Å². The zero-order valence-electron chi connectivity index (χ0n) is 26.4. The van der Waals surface area contributed by atoms with E-state index in [2.05, 4.69) is 10.0 Å². The number of carbonyl (C=O) groups is 2. The highest BCUT2D eigenvalue weighted by atomic mass is 32.2. The van der Waals surface area contributed by atoms with Crippen LogP contribution in [0.25, 0.3) is 0 Å². The molecule has 0 aliphatic heterocycles. The number of aryl methyl sites for hydroxylation is 1. The topological polar surface area (TPSA) is 114 Å². The molecule has 1 unspecified atom stereocenters. The minimum atomic E-state index is -3.58. The second-order valence-corrected chi connectivity index (χ2v) is 12.5. The summed E-state index contributed by atoms with van der Waals surface area (Å²) in [5.41, 5.74) is 3.41.